The zero-order valence-corrected chi connectivity index (χ0v) is 11.3. The smallest absolute Gasteiger partial charge is 0.306 e. The van der Waals surface area contributed by atoms with E-state index in [0.717, 1.165) is 12.8 Å². The number of carbonyl (C=O) groups excluding carboxylic acids is 1. The van der Waals surface area contributed by atoms with Gasteiger partial charge in [0.15, 0.2) is 0 Å². The molecule has 1 fully saturated rings. The molecule has 0 spiro atoms. The lowest BCUT2D eigenvalue weighted by atomic mass is 9.70. The second-order valence-electron chi connectivity index (χ2n) is 5.45. The molecule has 0 unspecified atom stereocenters. The van der Waals surface area contributed by atoms with Crippen molar-refractivity contribution in [2.45, 2.75) is 26.2 Å². The molecule has 1 saturated carbocycles. The molecule has 0 atom stereocenters. The minimum absolute atomic E-state index is 0.0216. The first-order valence-corrected chi connectivity index (χ1v) is 6.49. The summed E-state index contributed by atoms with van der Waals surface area (Å²) >= 11 is 0. The number of rotatable bonds is 5. The molecule has 20 heavy (non-hydrogen) atoms. The molecule has 1 aliphatic rings. The number of hydrogen-bond donors (Lipinski definition) is 3. The van der Waals surface area contributed by atoms with E-state index in [1.807, 2.05) is 0 Å². The lowest BCUT2D eigenvalue weighted by Crippen LogP contribution is -2.40. The Labute approximate surface area is 116 Å². The van der Waals surface area contributed by atoms with Gasteiger partial charge in [-0.05, 0) is 30.4 Å². The second kappa shape index (κ2) is 5.46. The molecule has 0 aromatic heterocycles. The van der Waals surface area contributed by atoms with Gasteiger partial charge in [-0.2, -0.15) is 0 Å². The number of nitrogen functional groups attached to an aromatic ring is 1. The van der Waals surface area contributed by atoms with E-state index in [-0.39, 0.29) is 22.4 Å². The van der Waals surface area contributed by atoms with Gasteiger partial charge >= 0.3 is 5.69 Å². The van der Waals surface area contributed by atoms with Crippen molar-refractivity contribution in [3.05, 3.63) is 33.9 Å². The maximum absolute atomic E-state index is 12.1. The summed E-state index contributed by atoms with van der Waals surface area (Å²) in [5.41, 5.74) is 2.21. The normalized spacial score (nSPS) is 16.1. The van der Waals surface area contributed by atoms with Crippen LogP contribution in [0.5, 0.6) is 0 Å². The van der Waals surface area contributed by atoms with Gasteiger partial charge in [0, 0.05) is 6.54 Å². The fourth-order valence-corrected chi connectivity index (χ4v) is 2.39. The van der Waals surface area contributed by atoms with E-state index in [2.05, 4.69) is 17.7 Å². The van der Waals surface area contributed by atoms with Crippen LogP contribution in [0.4, 0.5) is 11.4 Å². The van der Waals surface area contributed by atoms with Crippen LogP contribution >= 0.6 is 0 Å². The average Bonchev–Trinajstić information content (AvgIpc) is 2.41. The summed E-state index contributed by atoms with van der Waals surface area (Å²) in [5, 5.41) is 13.9. The molecule has 7 nitrogen and oxygen atoms in total. The molecular formula is C13H18N4O3. The van der Waals surface area contributed by atoms with Crippen LogP contribution in [-0.2, 0) is 0 Å². The largest absolute Gasteiger partial charge is 0.351 e. The molecule has 0 aliphatic heterocycles. The topological polar surface area (TPSA) is 110 Å². The Morgan fingerprint density at radius 1 is 1.50 bits per heavy atom. The Morgan fingerprint density at radius 2 is 2.20 bits per heavy atom. The first kappa shape index (κ1) is 14.3. The maximum Gasteiger partial charge on any atom is 0.306 e. The summed E-state index contributed by atoms with van der Waals surface area (Å²) in [4.78, 5) is 22.6. The number of hydrazine groups is 1. The van der Waals surface area contributed by atoms with E-state index in [9.17, 15) is 14.9 Å². The summed E-state index contributed by atoms with van der Waals surface area (Å²) < 4.78 is 0. The van der Waals surface area contributed by atoms with Gasteiger partial charge in [-0.25, -0.2) is 0 Å². The summed E-state index contributed by atoms with van der Waals surface area (Å²) in [6.45, 7) is 2.63. The van der Waals surface area contributed by atoms with Gasteiger partial charge in [0.25, 0.3) is 5.91 Å². The third kappa shape index (κ3) is 2.72. The minimum atomic E-state index is -0.602. The molecule has 0 heterocycles. The number of nitrogens with one attached hydrogen (secondary N) is 2. The van der Waals surface area contributed by atoms with Crippen LogP contribution in [0.2, 0.25) is 0 Å². The van der Waals surface area contributed by atoms with Crippen molar-refractivity contribution in [3.63, 3.8) is 0 Å². The SMILES string of the molecule is CC1(CNC(=O)c2cccc(NN)c2[N+](=O)[O-])CCC1. The van der Waals surface area contributed by atoms with Crippen LogP contribution in [0.15, 0.2) is 18.2 Å². The van der Waals surface area contributed by atoms with Crippen LogP contribution in [-0.4, -0.2) is 17.4 Å². The van der Waals surface area contributed by atoms with Crippen LogP contribution in [0.1, 0.15) is 36.5 Å². The van der Waals surface area contributed by atoms with Crippen LogP contribution in [0.25, 0.3) is 0 Å². The van der Waals surface area contributed by atoms with E-state index >= 15 is 0 Å². The predicted octanol–water partition coefficient (Wildman–Crippen LogP) is 1.80. The number of nitro benzene ring substituents is 1. The number of para-hydroxylation sites is 1. The lowest BCUT2D eigenvalue weighted by molar-refractivity contribution is -0.384. The number of nitro groups is 1. The van der Waals surface area contributed by atoms with Crippen LogP contribution in [0.3, 0.4) is 0 Å². The monoisotopic (exact) mass is 278 g/mol. The van der Waals surface area contributed by atoms with Crippen LogP contribution in [0, 0.1) is 15.5 Å². The molecule has 2 rings (SSSR count). The van der Waals surface area contributed by atoms with Gasteiger partial charge < -0.3 is 10.7 Å². The van der Waals surface area contributed by atoms with Crippen LogP contribution < -0.4 is 16.6 Å². The van der Waals surface area contributed by atoms with E-state index in [1.165, 1.54) is 18.6 Å². The first-order chi connectivity index (χ1) is 9.47. The summed E-state index contributed by atoms with van der Waals surface area (Å²) in [7, 11) is 0. The molecule has 1 aliphatic carbocycles. The lowest BCUT2D eigenvalue weighted by Gasteiger charge is -2.38. The number of nitrogens with zero attached hydrogens (tertiary/aromatic N) is 1. The van der Waals surface area contributed by atoms with Crippen molar-refractivity contribution in [1.29, 1.82) is 0 Å². The standard InChI is InChI=1S/C13H18N4O3/c1-13(6-3-7-13)8-15-12(18)9-4-2-5-10(16-14)11(9)17(19)20/h2,4-5,16H,3,6-8,14H2,1H3,(H,15,18). The van der Waals surface area contributed by atoms with E-state index < -0.39 is 10.8 Å². The summed E-state index contributed by atoms with van der Waals surface area (Å²) in [6, 6.07) is 4.45. The minimum Gasteiger partial charge on any atom is -0.351 e. The fraction of sp³-hybridized carbons (Fsp3) is 0.462. The fourth-order valence-electron chi connectivity index (χ4n) is 2.39. The molecule has 108 valence electrons. The maximum atomic E-state index is 12.1. The van der Waals surface area contributed by atoms with Crippen molar-refractivity contribution < 1.29 is 9.72 Å². The van der Waals surface area contributed by atoms with Gasteiger partial charge in [0.05, 0.1) is 4.92 Å². The number of nitrogens with two attached hydrogens (primary N) is 1. The van der Waals surface area contributed by atoms with Gasteiger partial charge in [-0.3, -0.25) is 20.8 Å². The third-order valence-corrected chi connectivity index (χ3v) is 3.86. The number of hydrogen-bond acceptors (Lipinski definition) is 5. The zero-order chi connectivity index (χ0) is 14.8. The highest BCUT2D eigenvalue weighted by atomic mass is 16.6. The Hall–Kier alpha value is -2.15. The molecule has 1 amide bonds. The predicted molar refractivity (Wildman–Crippen MR) is 75.2 cm³/mol. The summed E-state index contributed by atoms with van der Waals surface area (Å²) in [5.74, 6) is 4.80. The third-order valence-electron chi connectivity index (χ3n) is 3.86. The van der Waals surface area contributed by atoms with Crippen molar-refractivity contribution in [2.75, 3.05) is 12.0 Å². The van der Waals surface area contributed by atoms with Gasteiger partial charge in [-0.15, -0.1) is 0 Å². The van der Waals surface area contributed by atoms with Crippen molar-refractivity contribution in [1.82, 2.24) is 5.32 Å². The number of amides is 1. The first-order valence-electron chi connectivity index (χ1n) is 6.49. The van der Waals surface area contributed by atoms with E-state index in [0.29, 0.717) is 6.54 Å². The molecule has 1 aromatic carbocycles. The van der Waals surface area contributed by atoms with Crippen molar-refractivity contribution >= 4 is 17.3 Å². The average molecular weight is 278 g/mol. The molecule has 4 N–H and O–H groups in total. The number of anilines is 1. The molecule has 7 heteroatoms. The highest BCUT2D eigenvalue weighted by molar-refractivity contribution is 6.00. The quantitative estimate of drug-likeness (QED) is 0.432. The van der Waals surface area contributed by atoms with Gasteiger partial charge in [-0.1, -0.05) is 19.4 Å². The van der Waals surface area contributed by atoms with Gasteiger partial charge in [0.2, 0.25) is 0 Å². The van der Waals surface area contributed by atoms with Crippen molar-refractivity contribution in [2.24, 2.45) is 11.3 Å². The number of carbonyl (C=O) groups is 1. The van der Waals surface area contributed by atoms with Gasteiger partial charge in [0.1, 0.15) is 11.3 Å². The second-order valence-corrected chi connectivity index (χ2v) is 5.45. The zero-order valence-electron chi connectivity index (χ0n) is 11.3. The molecule has 0 saturated heterocycles. The summed E-state index contributed by atoms with van der Waals surface area (Å²) in [6.07, 6.45) is 3.30. The molecule has 0 bridgehead atoms. The molecule has 1 aromatic rings. The number of benzene rings is 1. The molecule has 0 radical (unpaired) electrons. The Bertz CT molecular complexity index is 540. The van der Waals surface area contributed by atoms with E-state index in [1.54, 1.807) is 6.07 Å². The Kier molecular flexibility index (Phi) is 3.89. The molecular weight excluding hydrogens is 260 g/mol. The highest BCUT2D eigenvalue weighted by Crippen LogP contribution is 2.39. The van der Waals surface area contributed by atoms with Crippen molar-refractivity contribution in [3.8, 4) is 0 Å². The Balaban J connectivity index is 2.18. The Morgan fingerprint density at radius 3 is 2.70 bits per heavy atom. The van der Waals surface area contributed by atoms with E-state index in [4.69, 9.17) is 5.84 Å². The highest BCUT2D eigenvalue weighted by Gasteiger charge is 2.33.